The van der Waals surface area contributed by atoms with Crippen molar-refractivity contribution in [3.63, 3.8) is 0 Å². The summed E-state index contributed by atoms with van der Waals surface area (Å²) in [5, 5.41) is 1.80. The van der Waals surface area contributed by atoms with Crippen molar-refractivity contribution >= 4 is 22.5 Å². The molecule has 1 aromatic heterocycles. The van der Waals surface area contributed by atoms with Gasteiger partial charge in [-0.25, -0.2) is 4.98 Å². The predicted molar refractivity (Wildman–Crippen MR) is 78.7 cm³/mol. The lowest BCUT2D eigenvalue weighted by Gasteiger charge is -2.05. The fourth-order valence-electron chi connectivity index (χ4n) is 2.01. The number of halogens is 1. The van der Waals surface area contributed by atoms with Crippen molar-refractivity contribution < 1.29 is 4.74 Å². The zero-order chi connectivity index (χ0) is 13.2. The van der Waals surface area contributed by atoms with Crippen LogP contribution in [0.5, 0.6) is 5.75 Å². The van der Waals surface area contributed by atoms with Gasteiger partial charge in [0.15, 0.2) is 0 Å². The lowest BCUT2D eigenvalue weighted by molar-refractivity contribution is 0.415. The summed E-state index contributed by atoms with van der Waals surface area (Å²) in [6, 6.07) is 17.6. The molecule has 0 saturated heterocycles. The van der Waals surface area contributed by atoms with E-state index in [0.717, 1.165) is 32.9 Å². The molecule has 0 spiro atoms. The number of fused-ring (bicyclic) bond motifs is 1. The molecule has 3 heteroatoms. The second-order valence-corrected chi connectivity index (χ2v) is 4.70. The molecule has 0 aliphatic heterocycles. The normalized spacial score (nSPS) is 10.6. The number of pyridine rings is 1. The van der Waals surface area contributed by atoms with Crippen molar-refractivity contribution in [1.29, 1.82) is 0 Å². The smallest absolute Gasteiger partial charge is 0.119 e. The van der Waals surface area contributed by atoms with Gasteiger partial charge in [0, 0.05) is 16.0 Å². The summed E-state index contributed by atoms with van der Waals surface area (Å²) in [6.07, 6.45) is 0. The Hall–Kier alpha value is -2.06. The van der Waals surface area contributed by atoms with Crippen LogP contribution in [0, 0.1) is 0 Å². The van der Waals surface area contributed by atoms with Crippen LogP contribution in [0.2, 0.25) is 5.02 Å². The van der Waals surface area contributed by atoms with E-state index in [-0.39, 0.29) is 0 Å². The first kappa shape index (κ1) is 12.0. The van der Waals surface area contributed by atoms with Gasteiger partial charge >= 0.3 is 0 Å². The summed E-state index contributed by atoms with van der Waals surface area (Å²) in [5.41, 5.74) is 2.95. The van der Waals surface area contributed by atoms with E-state index < -0.39 is 0 Å². The van der Waals surface area contributed by atoms with Gasteiger partial charge in [0.1, 0.15) is 5.75 Å². The molecule has 0 fully saturated rings. The highest BCUT2D eigenvalue weighted by molar-refractivity contribution is 6.30. The molecule has 2 nitrogen and oxygen atoms in total. The van der Waals surface area contributed by atoms with Gasteiger partial charge in [0.25, 0.3) is 0 Å². The maximum absolute atomic E-state index is 5.89. The lowest BCUT2D eigenvalue weighted by atomic mass is 10.1. The first-order chi connectivity index (χ1) is 9.26. The van der Waals surface area contributed by atoms with E-state index in [1.807, 2.05) is 48.5 Å². The molecule has 3 aromatic rings. The van der Waals surface area contributed by atoms with Crippen LogP contribution in [0.4, 0.5) is 0 Å². The van der Waals surface area contributed by atoms with Crippen LogP contribution in [0.15, 0.2) is 54.6 Å². The SMILES string of the molecule is COc1ccc2nc(-c3ccc(Cl)cc3)ccc2c1. The highest BCUT2D eigenvalue weighted by Gasteiger charge is 2.02. The highest BCUT2D eigenvalue weighted by atomic mass is 35.5. The van der Waals surface area contributed by atoms with Gasteiger partial charge < -0.3 is 4.74 Å². The molecule has 0 unspecified atom stereocenters. The standard InChI is InChI=1S/C16H12ClNO/c1-19-14-7-9-16-12(10-14)4-8-15(18-16)11-2-5-13(17)6-3-11/h2-10H,1H3. The maximum Gasteiger partial charge on any atom is 0.119 e. The molecule has 0 saturated carbocycles. The molecule has 1 heterocycles. The van der Waals surface area contributed by atoms with Gasteiger partial charge in [0.05, 0.1) is 18.3 Å². The monoisotopic (exact) mass is 269 g/mol. The van der Waals surface area contributed by atoms with Crippen molar-refractivity contribution in [3.05, 3.63) is 59.6 Å². The molecule has 0 N–H and O–H groups in total. The quantitative estimate of drug-likeness (QED) is 0.680. The summed E-state index contributed by atoms with van der Waals surface area (Å²) >= 11 is 5.89. The average Bonchev–Trinajstić information content (AvgIpc) is 2.47. The minimum atomic E-state index is 0.731. The predicted octanol–water partition coefficient (Wildman–Crippen LogP) is 4.56. The first-order valence-electron chi connectivity index (χ1n) is 5.97. The van der Waals surface area contributed by atoms with E-state index in [9.17, 15) is 0 Å². The van der Waals surface area contributed by atoms with E-state index >= 15 is 0 Å². The summed E-state index contributed by atoms with van der Waals surface area (Å²) in [6.45, 7) is 0. The highest BCUT2D eigenvalue weighted by Crippen LogP contribution is 2.24. The van der Waals surface area contributed by atoms with Crippen molar-refractivity contribution in [2.45, 2.75) is 0 Å². The number of hydrogen-bond acceptors (Lipinski definition) is 2. The Balaban J connectivity index is 2.08. The van der Waals surface area contributed by atoms with E-state index in [4.69, 9.17) is 16.3 Å². The van der Waals surface area contributed by atoms with Gasteiger partial charge in [-0.2, -0.15) is 0 Å². The Morgan fingerprint density at radius 1 is 0.947 bits per heavy atom. The Bertz CT molecular complexity index is 722. The zero-order valence-electron chi connectivity index (χ0n) is 10.4. The third kappa shape index (κ3) is 2.40. The molecule has 3 rings (SSSR count). The summed E-state index contributed by atoms with van der Waals surface area (Å²) in [4.78, 5) is 4.65. The number of benzene rings is 2. The van der Waals surface area contributed by atoms with Crippen molar-refractivity contribution in [3.8, 4) is 17.0 Å². The molecule has 0 radical (unpaired) electrons. The molecular formula is C16H12ClNO. The van der Waals surface area contributed by atoms with Gasteiger partial charge in [-0.05, 0) is 36.4 Å². The second-order valence-electron chi connectivity index (χ2n) is 4.26. The van der Waals surface area contributed by atoms with Crippen LogP contribution < -0.4 is 4.74 Å². The summed E-state index contributed by atoms with van der Waals surface area (Å²) in [5.74, 6) is 0.841. The molecule has 19 heavy (non-hydrogen) atoms. The van der Waals surface area contributed by atoms with E-state index in [0.29, 0.717) is 0 Å². The van der Waals surface area contributed by atoms with E-state index in [2.05, 4.69) is 11.1 Å². The van der Waals surface area contributed by atoms with Crippen molar-refractivity contribution in [1.82, 2.24) is 4.98 Å². The molecule has 2 aromatic carbocycles. The van der Waals surface area contributed by atoms with Crippen LogP contribution in [-0.4, -0.2) is 12.1 Å². The van der Waals surface area contributed by atoms with Crippen LogP contribution in [-0.2, 0) is 0 Å². The largest absolute Gasteiger partial charge is 0.497 e. The molecular weight excluding hydrogens is 258 g/mol. The zero-order valence-corrected chi connectivity index (χ0v) is 11.2. The van der Waals surface area contributed by atoms with Crippen LogP contribution in [0.1, 0.15) is 0 Å². The van der Waals surface area contributed by atoms with Gasteiger partial charge in [-0.1, -0.05) is 29.8 Å². The fourth-order valence-corrected chi connectivity index (χ4v) is 2.14. The Labute approximate surface area is 116 Å². The van der Waals surface area contributed by atoms with Gasteiger partial charge in [0.2, 0.25) is 0 Å². The third-order valence-electron chi connectivity index (χ3n) is 3.04. The molecule has 94 valence electrons. The molecule has 0 atom stereocenters. The van der Waals surface area contributed by atoms with Crippen molar-refractivity contribution in [2.75, 3.05) is 7.11 Å². The topological polar surface area (TPSA) is 22.1 Å². The Morgan fingerprint density at radius 2 is 1.74 bits per heavy atom. The minimum Gasteiger partial charge on any atom is -0.497 e. The van der Waals surface area contributed by atoms with Gasteiger partial charge in [-0.15, -0.1) is 0 Å². The molecule has 0 bridgehead atoms. The van der Waals surface area contributed by atoms with E-state index in [1.165, 1.54) is 0 Å². The Kier molecular flexibility index (Phi) is 3.10. The van der Waals surface area contributed by atoms with Crippen LogP contribution in [0.3, 0.4) is 0 Å². The van der Waals surface area contributed by atoms with Crippen LogP contribution >= 0.6 is 11.6 Å². The van der Waals surface area contributed by atoms with Gasteiger partial charge in [-0.3, -0.25) is 0 Å². The minimum absolute atomic E-state index is 0.731. The summed E-state index contributed by atoms with van der Waals surface area (Å²) in [7, 11) is 1.66. The third-order valence-corrected chi connectivity index (χ3v) is 3.29. The Morgan fingerprint density at radius 3 is 2.47 bits per heavy atom. The average molecular weight is 270 g/mol. The number of aromatic nitrogens is 1. The lowest BCUT2D eigenvalue weighted by Crippen LogP contribution is -1.87. The first-order valence-corrected chi connectivity index (χ1v) is 6.35. The summed E-state index contributed by atoms with van der Waals surface area (Å²) < 4.78 is 5.21. The molecule has 0 aliphatic rings. The number of hydrogen-bond donors (Lipinski definition) is 0. The van der Waals surface area contributed by atoms with Crippen LogP contribution in [0.25, 0.3) is 22.2 Å². The maximum atomic E-state index is 5.89. The second kappa shape index (κ2) is 4.90. The number of rotatable bonds is 2. The number of ether oxygens (including phenoxy) is 1. The number of methoxy groups -OCH3 is 1. The van der Waals surface area contributed by atoms with E-state index in [1.54, 1.807) is 7.11 Å². The molecule has 0 amide bonds. The van der Waals surface area contributed by atoms with Crippen molar-refractivity contribution in [2.24, 2.45) is 0 Å². The number of nitrogens with zero attached hydrogens (tertiary/aromatic N) is 1. The molecule has 0 aliphatic carbocycles. The fraction of sp³-hybridized carbons (Fsp3) is 0.0625.